The molecule has 2 saturated heterocycles. The first-order valence-corrected chi connectivity index (χ1v) is 15.3. The molecule has 2 unspecified atom stereocenters. The van der Waals surface area contributed by atoms with Crippen LogP contribution in [0.5, 0.6) is 5.75 Å². The summed E-state index contributed by atoms with van der Waals surface area (Å²) in [5, 5.41) is 15.4. The number of hydrogen-bond donors (Lipinski definition) is 1. The second-order valence-electron chi connectivity index (χ2n) is 10.6. The highest BCUT2D eigenvalue weighted by molar-refractivity contribution is 7.12. The van der Waals surface area contributed by atoms with Gasteiger partial charge in [-0.3, -0.25) is 4.79 Å². The number of piperidine rings is 1. The molecule has 2 aliphatic rings. The normalized spacial score (nSPS) is 24.3. The molecule has 2 fully saturated rings. The van der Waals surface area contributed by atoms with Crippen molar-refractivity contribution in [3.05, 3.63) is 74.6 Å². The smallest absolute Gasteiger partial charge is 0.349 e. The lowest BCUT2D eigenvalue weighted by Gasteiger charge is -2.47. The van der Waals surface area contributed by atoms with Crippen LogP contribution < -0.4 is 4.74 Å². The van der Waals surface area contributed by atoms with Gasteiger partial charge in [-0.15, -0.1) is 22.7 Å². The van der Waals surface area contributed by atoms with Gasteiger partial charge in [-0.1, -0.05) is 24.3 Å². The third-order valence-electron chi connectivity index (χ3n) is 8.20. The summed E-state index contributed by atoms with van der Waals surface area (Å²) in [6.07, 6.45) is 3.74. The first-order chi connectivity index (χ1) is 18.8. The molecule has 0 amide bonds. The third kappa shape index (κ3) is 5.77. The van der Waals surface area contributed by atoms with Gasteiger partial charge in [0.15, 0.2) is 0 Å². The lowest BCUT2D eigenvalue weighted by molar-refractivity contribution is -0.961. The Morgan fingerprint density at radius 2 is 1.69 bits per heavy atom. The van der Waals surface area contributed by atoms with E-state index in [-0.39, 0.29) is 25.1 Å². The minimum absolute atomic E-state index is 0.217. The number of hydrogen-bond acceptors (Lipinski definition) is 8. The molecule has 39 heavy (non-hydrogen) atoms. The number of nitrogens with zero attached hydrogens (tertiary/aromatic N) is 1. The van der Waals surface area contributed by atoms with Crippen LogP contribution in [0.2, 0.25) is 0 Å². The summed E-state index contributed by atoms with van der Waals surface area (Å²) in [6, 6.07) is 16.1. The minimum atomic E-state index is -1.77. The lowest BCUT2D eigenvalue weighted by atomic mass is 9.94. The molecule has 1 aromatic carbocycles. The van der Waals surface area contributed by atoms with Crippen molar-refractivity contribution < 1.29 is 33.4 Å². The minimum Gasteiger partial charge on any atom is -0.493 e. The predicted molar refractivity (Wildman–Crippen MR) is 151 cm³/mol. The fourth-order valence-electron chi connectivity index (χ4n) is 6.19. The highest BCUT2D eigenvalue weighted by atomic mass is 32.1. The maximum absolute atomic E-state index is 13.5. The summed E-state index contributed by atoms with van der Waals surface area (Å²) in [4.78, 5) is 26.3. The van der Waals surface area contributed by atoms with Crippen molar-refractivity contribution in [1.82, 2.24) is 0 Å². The third-order valence-corrected chi connectivity index (χ3v) is 10.2. The van der Waals surface area contributed by atoms with Gasteiger partial charge in [0.25, 0.3) is 0 Å². The molecule has 5 rings (SSSR count). The van der Waals surface area contributed by atoms with E-state index in [0.717, 1.165) is 42.5 Å². The van der Waals surface area contributed by atoms with Gasteiger partial charge < -0.3 is 23.8 Å². The largest absolute Gasteiger partial charge is 0.493 e. The number of rotatable bonds is 11. The van der Waals surface area contributed by atoms with Crippen LogP contribution >= 0.6 is 22.7 Å². The van der Waals surface area contributed by atoms with Gasteiger partial charge in [0, 0.05) is 31.2 Å². The molecule has 2 aromatic heterocycles. The average Bonchev–Trinajstić information content (AvgIpc) is 3.66. The number of ether oxygens (including phenoxy) is 3. The van der Waals surface area contributed by atoms with Gasteiger partial charge >= 0.3 is 11.9 Å². The standard InChI is InChI=1S/C30H36NO6S2/c1-3-35-28(32)13-14-36-24-8-4-7-21(17-24)20-31(2)22-11-12-23(31)19-25(18-22)37-29(33)30(34,26-9-5-15-38-26)27-10-6-16-39-27/h4-10,15-17,22-23,25,34H,3,11-14,18-20H2,1-2H3/q+1/t22-,23+,25?,31?. The van der Waals surface area contributed by atoms with Crippen molar-refractivity contribution in [2.45, 2.75) is 69.4 Å². The quantitative estimate of drug-likeness (QED) is 0.250. The summed E-state index contributed by atoms with van der Waals surface area (Å²) in [5.74, 6) is -0.0855. The molecule has 2 bridgehead atoms. The van der Waals surface area contributed by atoms with E-state index in [1.807, 2.05) is 35.0 Å². The first kappa shape index (κ1) is 27.8. The highest BCUT2D eigenvalue weighted by Gasteiger charge is 2.54. The Labute approximate surface area is 237 Å². The number of aliphatic hydroxyl groups is 1. The van der Waals surface area contributed by atoms with Crippen molar-refractivity contribution in [2.24, 2.45) is 0 Å². The van der Waals surface area contributed by atoms with Gasteiger partial charge in [0.2, 0.25) is 5.60 Å². The van der Waals surface area contributed by atoms with Crippen LogP contribution in [0, 0.1) is 0 Å². The van der Waals surface area contributed by atoms with Gasteiger partial charge in [-0.05, 0) is 41.9 Å². The predicted octanol–water partition coefficient (Wildman–Crippen LogP) is 5.26. The van der Waals surface area contributed by atoms with E-state index in [0.29, 0.717) is 28.4 Å². The number of fused-ring (bicyclic) bond motifs is 2. The molecule has 0 aliphatic carbocycles. The van der Waals surface area contributed by atoms with E-state index >= 15 is 0 Å². The first-order valence-electron chi connectivity index (χ1n) is 13.6. The number of benzene rings is 1. The van der Waals surface area contributed by atoms with Gasteiger partial charge in [-0.25, -0.2) is 4.79 Å². The fraction of sp³-hybridized carbons (Fsp3) is 0.467. The van der Waals surface area contributed by atoms with E-state index in [1.165, 1.54) is 28.2 Å². The van der Waals surface area contributed by atoms with Crippen LogP contribution in [0.15, 0.2) is 59.3 Å². The molecular formula is C30H36NO6S2+. The summed E-state index contributed by atoms with van der Waals surface area (Å²) in [6.45, 7) is 3.31. The maximum Gasteiger partial charge on any atom is 0.349 e. The van der Waals surface area contributed by atoms with Crippen molar-refractivity contribution in [1.29, 1.82) is 0 Å². The maximum atomic E-state index is 13.5. The lowest BCUT2D eigenvalue weighted by Crippen LogP contribution is -2.58. The Morgan fingerprint density at radius 3 is 2.28 bits per heavy atom. The van der Waals surface area contributed by atoms with Crippen LogP contribution in [-0.2, 0) is 31.2 Å². The summed E-state index contributed by atoms with van der Waals surface area (Å²) in [5.41, 5.74) is -0.590. The Bertz CT molecular complexity index is 1210. The van der Waals surface area contributed by atoms with Gasteiger partial charge in [0.05, 0.1) is 48.5 Å². The molecule has 4 heterocycles. The van der Waals surface area contributed by atoms with Crippen molar-refractivity contribution >= 4 is 34.6 Å². The fourth-order valence-corrected chi connectivity index (χ4v) is 7.90. The van der Waals surface area contributed by atoms with Crippen LogP contribution in [-0.4, -0.2) is 60.0 Å². The zero-order valence-electron chi connectivity index (χ0n) is 22.4. The number of carbonyl (C=O) groups excluding carboxylic acids is 2. The summed E-state index contributed by atoms with van der Waals surface area (Å²) < 4.78 is 17.8. The molecule has 0 radical (unpaired) electrons. The van der Waals surface area contributed by atoms with Crippen molar-refractivity contribution in [3.8, 4) is 5.75 Å². The highest BCUT2D eigenvalue weighted by Crippen LogP contribution is 2.45. The summed E-state index contributed by atoms with van der Waals surface area (Å²) in [7, 11) is 2.31. The SMILES string of the molecule is CCOC(=O)CCOc1cccc(C[N+]2(C)[C@@H]3CC[C@H]2CC(OC(=O)C(O)(c2cccs2)c2cccs2)C3)c1. The van der Waals surface area contributed by atoms with Crippen molar-refractivity contribution in [2.75, 3.05) is 20.3 Å². The van der Waals surface area contributed by atoms with Gasteiger partial charge in [0.1, 0.15) is 18.4 Å². The van der Waals surface area contributed by atoms with Crippen LogP contribution in [0.3, 0.4) is 0 Å². The van der Waals surface area contributed by atoms with Crippen molar-refractivity contribution in [3.63, 3.8) is 0 Å². The molecule has 4 atom stereocenters. The molecule has 2 aliphatic heterocycles. The molecule has 9 heteroatoms. The Balaban J connectivity index is 1.23. The zero-order valence-corrected chi connectivity index (χ0v) is 24.0. The van der Waals surface area contributed by atoms with Gasteiger partial charge in [-0.2, -0.15) is 0 Å². The number of thiophene rings is 2. The van der Waals surface area contributed by atoms with E-state index in [1.54, 1.807) is 19.1 Å². The van der Waals surface area contributed by atoms with E-state index in [9.17, 15) is 14.7 Å². The van der Waals surface area contributed by atoms with E-state index in [4.69, 9.17) is 14.2 Å². The van der Waals surface area contributed by atoms with Crippen LogP contribution in [0.4, 0.5) is 0 Å². The Morgan fingerprint density at radius 1 is 1.03 bits per heavy atom. The Hall–Kier alpha value is -2.72. The van der Waals surface area contributed by atoms with Crippen LogP contribution in [0.25, 0.3) is 0 Å². The zero-order chi connectivity index (χ0) is 27.5. The van der Waals surface area contributed by atoms with Crippen LogP contribution in [0.1, 0.15) is 54.3 Å². The number of quaternary nitrogens is 1. The summed E-state index contributed by atoms with van der Waals surface area (Å²) >= 11 is 2.72. The average molecular weight is 571 g/mol. The Kier molecular flexibility index (Phi) is 8.42. The van der Waals surface area contributed by atoms with E-state index in [2.05, 4.69) is 19.2 Å². The molecule has 1 N–H and O–H groups in total. The number of carbonyl (C=O) groups is 2. The molecule has 208 valence electrons. The second kappa shape index (κ2) is 11.8. The monoisotopic (exact) mass is 570 g/mol. The molecular weight excluding hydrogens is 534 g/mol. The number of esters is 2. The van der Waals surface area contributed by atoms with E-state index < -0.39 is 11.6 Å². The molecule has 3 aromatic rings. The molecule has 0 saturated carbocycles. The second-order valence-corrected chi connectivity index (χ2v) is 12.5. The molecule has 7 nitrogen and oxygen atoms in total. The molecule has 0 spiro atoms. The topological polar surface area (TPSA) is 82.1 Å².